The fourth-order valence-electron chi connectivity index (χ4n) is 4.21. The molecule has 1 aliphatic carbocycles. The van der Waals surface area contributed by atoms with Crippen molar-refractivity contribution in [1.29, 1.82) is 0 Å². The van der Waals surface area contributed by atoms with E-state index in [0.29, 0.717) is 10.6 Å². The van der Waals surface area contributed by atoms with Gasteiger partial charge in [0.25, 0.3) is 5.91 Å². The SMILES string of the molecule is NCC(=O)OCn1cc(-c2nc(C(=O)Nc3cn(C4CCCCC4)nc3-c3nc(F)ccc3F)cs2)cn1. The number of aromatic nitrogens is 6. The van der Waals surface area contributed by atoms with Crippen molar-refractivity contribution in [2.75, 3.05) is 11.9 Å². The summed E-state index contributed by atoms with van der Waals surface area (Å²) in [4.78, 5) is 32.4. The first-order chi connectivity index (χ1) is 18.4. The number of halogens is 2. The summed E-state index contributed by atoms with van der Waals surface area (Å²) in [6.45, 7) is -0.338. The van der Waals surface area contributed by atoms with E-state index in [2.05, 4.69) is 25.5 Å². The number of rotatable bonds is 8. The van der Waals surface area contributed by atoms with Crippen LogP contribution in [-0.2, 0) is 16.3 Å². The zero-order valence-corrected chi connectivity index (χ0v) is 21.0. The van der Waals surface area contributed by atoms with Gasteiger partial charge < -0.3 is 15.8 Å². The molecule has 5 rings (SSSR count). The minimum atomic E-state index is -0.853. The first-order valence-corrected chi connectivity index (χ1v) is 12.9. The van der Waals surface area contributed by atoms with Gasteiger partial charge in [-0.05, 0) is 25.0 Å². The molecule has 1 fully saturated rings. The third kappa shape index (κ3) is 5.60. The minimum absolute atomic E-state index is 0.0460. The molecule has 1 amide bonds. The predicted molar refractivity (Wildman–Crippen MR) is 134 cm³/mol. The van der Waals surface area contributed by atoms with Gasteiger partial charge in [0, 0.05) is 23.3 Å². The lowest BCUT2D eigenvalue weighted by atomic mass is 9.96. The van der Waals surface area contributed by atoms with Crippen LogP contribution in [0.25, 0.3) is 22.0 Å². The van der Waals surface area contributed by atoms with E-state index in [1.165, 1.54) is 22.2 Å². The number of anilines is 1. The van der Waals surface area contributed by atoms with E-state index < -0.39 is 23.6 Å². The number of carbonyl (C=O) groups excluding carboxylic acids is 2. The quantitative estimate of drug-likeness (QED) is 0.253. The number of esters is 1. The van der Waals surface area contributed by atoms with Crippen LogP contribution in [-0.4, -0.2) is 48.0 Å². The molecule has 0 radical (unpaired) electrons. The van der Waals surface area contributed by atoms with Gasteiger partial charge in [-0.2, -0.15) is 14.6 Å². The van der Waals surface area contributed by atoms with Crippen LogP contribution in [0, 0.1) is 11.8 Å². The highest BCUT2D eigenvalue weighted by molar-refractivity contribution is 7.13. The highest BCUT2D eigenvalue weighted by atomic mass is 32.1. The number of nitrogens with one attached hydrogen (secondary N) is 1. The van der Waals surface area contributed by atoms with E-state index in [0.717, 1.165) is 44.2 Å². The largest absolute Gasteiger partial charge is 0.441 e. The van der Waals surface area contributed by atoms with Crippen molar-refractivity contribution in [2.24, 2.45) is 5.73 Å². The summed E-state index contributed by atoms with van der Waals surface area (Å²) in [6, 6.07) is 2.00. The molecule has 1 aliphatic rings. The zero-order chi connectivity index (χ0) is 26.6. The predicted octanol–water partition coefficient (Wildman–Crippen LogP) is 3.76. The summed E-state index contributed by atoms with van der Waals surface area (Å²) in [6.07, 6.45) is 9.82. The summed E-state index contributed by atoms with van der Waals surface area (Å²) >= 11 is 1.22. The Morgan fingerprint density at radius 1 is 1.13 bits per heavy atom. The average molecular weight is 543 g/mol. The standard InChI is InChI=1S/C24H24F2N8O3S/c25-16-6-7-19(26)31-21(16)22-17(11-34(32-22)15-4-2-1-3-5-15)29-23(36)18-12-38-24(30-18)14-9-28-33(10-14)13-37-20(35)8-27/h6-7,9-12,15H,1-5,8,13,27H2,(H,29,36). The molecule has 0 atom stereocenters. The van der Waals surface area contributed by atoms with Gasteiger partial charge in [0.1, 0.15) is 22.1 Å². The van der Waals surface area contributed by atoms with Gasteiger partial charge in [-0.3, -0.25) is 14.3 Å². The topological polar surface area (TPSA) is 143 Å². The number of thiazole rings is 1. The smallest absolute Gasteiger partial charge is 0.321 e. The third-order valence-corrected chi connectivity index (χ3v) is 7.00. The van der Waals surface area contributed by atoms with E-state index in [1.54, 1.807) is 22.5 Å². The van der Waals surface area contributed by atoms with Crippen LogP contribution >= 0.6 is 11.3 Å². The van der Waals surface area contributed by atoms with E-state index in [4.69, 9.17) is 10.5 Å². The second-order valence-corrected chi connectivity index (χ2v) is 9.60. The van der Waals surface area contributed by atoms with Crippen molar-refractivity contribution in [3.63, 3.8) is 0 Å². The maximum Gasteiger partial charge on any atom is 0.321 e. The fourth-order valence-corrected chi connectivity index (χ4v) is 4.99. The molecule has 4 heterocycles. The lowest BCUT2D eigenvalue weighted by molar-refractivity contribution is -0.146. The Balaban J connectivity index is 1.37. The van der Waals surface area contributed by atoms with Crippen molar-refractivity contribution in [3.8, 4) is 22.0 Å². The number of nitrogens with two attached hydrogens (primary N) is 1. The Labute approximate surface area is 219 Å². The molecule has 38 heavy (non-hydrogen) atoms. The van der Waals surface area contributed by atoms with Gasteiger partial charge in [-0.25, -0.2) is 19.0 Å². The molecule has 0 aliphatic heterocycles. The Kier molecular flexibility index (Phi) is 7.51. The molecule has 11 nitrogen and oxygen atoms in total. The van der Waals surface area contributed by atoms with Gasteiger partial charge in [0.05, 0.1) is 24.5 Å². The molecule has 0 aromatic carbocycles. The Morgan fingerprint density at radius 2 is 1.95 bits per heavy atom. The zero-order valence-electron chi connectivity index (χ0n) is 20.1. The highest BCUT2D eigenvalue weighted by Crippen LogP contribution is 2.34. The van der Waals surface area contributed by atoms with Crippen LogP contribution < -0.4 is 11.1 Å². The number of amides is 1. The summed E-state index contributed by atoms with van der Waals surface area (Å²) in [5.74, 6) is -2.71. The molecular weight excluding hydrogens is 518 g/mol. The molecule has 3 N–H and O–H groups in total. The molecule has 1 saturated carbocycles. The van der Waals surface area contributed by atoms with E-state index in [-0.39, 0.29) is 42.1 Å². The number of nitrogens with zero attached hydrogens (tertiary/aromatic N) is 6. The van der Waals surface area contributed by atoms with Crippen LogP contribution in [0.15, 0.2) is 36.1 Å². The van der Waals surface area contributed by atoms with Gasteiger partial charge in [0.15, 0.2) is 12.5 Å². The molecular formula is C24H24F2N8O3S. The lowest BCUT2D eigenvalue weighted by Gasteiger charge is -2.21. The van der Waals surface area contributed by atoms with Crippen LogP contribution in [0.4, 0.5) is 14.5 Å². The van der Waals surface area contributed by atoms with Gasteiger partial charge >= 0.3 is 5.97 Å². The molecule has 198 valence electrons. The second kappa shape index (κ2) is 11.1. The van der Waals surface area contributed by atoms with E-state index in [1.807, 2.05) is 0 Å². The Morgan fingerprint density at radius 3 is 2.74 bits per heavy atom. The fraction of sp³-hybridized carbons (Fsp3) is 0.333. The normalized spacial score (nSPS) is 14.0. The molecule has 0 saturated heterocycles. The summed E-state index contributed by atoms with van der Waals surface area (Å²) in [5.41, 5.74) is 5.94. The van der Waals surface area contributed by atoms with Crippen molar-refractivity contribution in [2.45, 2.75) is 44.9 Å². The minimum Gasteiger partial charge on any atom is -0.441 e. The van der Waals surface area contributed by atoms with Crippen LogP contribution in [0.2, 0.25) is 0 Å². The summed E-state index contributed by atoms with van der Waals surface area (Å²) in [7, 11) is 0. The molecule has 0 spiro atoms. The monoisotopic (exact) mass is 542 g/mol. The maximum atomic E-state index is 14.6. The summed E-state index contributed by atoms with van der Waals surface area (Å²) in [5, 5.41) is 13.4. The number of hydrogen-bond donors (Lipinski definition) is 2. The molecule has 0 unspecified atom stereocenters. The van der Waals surface area contributed by atoms with Crippen molar-refractivity contribution < 1.29 is 23.1 Å². The van der Waals surface area contributed by atoms with Crippen LogP contribution in [0.1, 0.15) is 48.6 Å². The maximum absolute atomic E-state index is 14.6. The molecule has 4 aromatic rings. The van der Waals surface area contributed by atoms with Crippen molar-refractivity contribution in [3.05, 3.63) is 53.6 Å². The number of hydrogen-bond acceptors (Lipinski definition) is 9. The highest BCUT2D eigenvalue weighted by Gasteiger charge is 2.24. The second-order valence-electron chi connectivity index (χ2n) is 8.74. The first-order valence-electron chi connectivity index (χ1n) is 12.0. The van der Waals surface area contributed by atoms with Gasteiger partial charge in [0.2, 0.25) is 5.95 Å². The number of carbonyl (C=O) groups is 2. The average Bonchev–Trinajstić information content (AvgIpc) is 3.69. The molecule has 14 heteroatoms. The van der Waals surface area contributed by atoms with Crippen LogP contribution in [0.3, 0.4) is 0 Å². The Hall–Kier alpha value is -4.04. The van der Waals surface area contributed by atoms with Gasteiger partial charge in [-0.1, -0.05) is 19.3 Å². The van der Waals surface area contributed by atoms with Gasteiger partial charge in [-0.15, -0.1) is 11.3 Å². The van der Waals surface area contributed by atoms with E-state index in [9.17, 15) is 18.4 Å². The lowest BCUT2D eigenvalue weighted by Crippen LogP contribution is -2.18. The molecule has 0 bridgehead atoms. The number of pyridine rings is 1. The summed E-state index contributed by atoms with van der Waals surface area (Å²) < 4.78 is 36.5. The van der Waals surface area contributed by atoms with Crippen molar-refractivity contribution in [1.82, 2.24) is 29.5 Å². The first kappa shape index (κ1) is 25.6. The number of ether oxygens (including phenoxy) is 1. The van der Waals surface area contributed by atoms with Crippen molar-refractivity contribution >= 4 is 28.9 Å². The van der Waals surface area contributed by atoms with Crippen LogP contribution in [0.5, 0.6) is 0 Å². The van der Waals surface area contributed by atoms with E-state index >= 15 is 0 Å². The Bertz CT molecular complexity index is 1460. The molecule has 4 aromatic heterocycles. The third-order valence-electron chi connectivity index (χ3n) is 6.11.